The van der Waals surface area contributed by atoms with E-state index >= 15 is 0 Å². The van der Waals surface area contributed by atoms with Crippen molar-refractivity contribution in [2.45, 2.75) is 6.18 Å². The molecule has 6 nitrogen and oxygen atoms in total. The molecule has 0 atom stereocenters. The summed E-state index contributed by atoms with van der Waals surface area (Å²) in [7, 11) is 0. The standard InChI is InChI=1S/C19H25F3N4O2.ClH/c20-19(21,22)15-1-2-17(25-6-11-28-12-7-25)16(13-15)23-18(27)14-26-8-3-24(4-9-26)5-10-26;/h1-2,13H,3-12,14H2;1H. The Kier molecular flexibility index (Phi) is 6.62. The van der Waals surface area contributed by atoms with Gasteiger partial charge in [0.2, 0.25) is 0 Å². The average molecular weight is 435 g/mol. The summed E-state index contributed by atoms with van der Waals surface area (Å²) >= 11 is 0. The fourth-order valence-corrected chi connectivity index (χ4v) is 4.36. The highest BCUT2D eigenvalue weighted by Gasteiger charge is 2.40. The molecule has 4 aliphatic heterocycles. The highest BCUT2D eigenvalue weighted by Crippen LogP contribution is 2.36. The molecule has 1 amide bonds. The number of morpholine rings is 1. The molecule has 162 valence electrons. The van der Waals surface area contributed by atoms with Crippen molar-refractivity contribution in [1.82, 2.24) is 4.90 Å². The third-order valence-electron chi connectivity index (χ3n) is 6.10. The largest absolute Gasteiger partial charge is 1.00 e. The van der Waals surface area contributed by atoms with E-state index in [9.17, 15) is 18.0 Å². The lowest BCUT2D eigenvalue weighted by Gasteiger charge is -2.50. The first kappa shape index (κ1) is 22.1. The normalized spacial score (nSPS) is 26.7. The summed E-state index contributed by atoms with van der Waals surface area (Å²) in [6, 6.07) is 3.58. The first-order valence-corrected chi connectivity index (χ1v) is 9.76. The zero-order valence-electron chi connectivity index (χ0n) is 16.2. The van der Waals surface area contributed by atoms with Gasteiger partial charge in [0.25, 0.3) is 5.91 Å². The van der Waals surface area contributed by atoms with E-state index in [1.54, 1.807) is 0 Å². The molecule has 1 aromatic carbocycles. The number of quaternary nitrogens is 1. The van der Waals surface area contributed by atoms with Gasteiger partial charge in [0.15, 0.2) is 6.54 Å². The minimum atomic E-state index is -4.45. The lowest BCUT2D eigenvalue weighted by Crippen LogP contribution is -3.00. The summed E-state index contributed by atoms with van der Waals surface area (Å²) in [6.07, 6.45) is -4.45. The number of hydrogen-bond acceptors (Lipinski definition) is 4. The van der Waals surface area contributed by atoms with E-state index in [0.29, 0.717) is 38.5 Å². The van der Waals surface area contributed by atoms with Gasteiger partial charge in [-0.3, -0.25) is 9.69 Å². The zero-order valence-corrected chi connectivity index (χ0v) is 16.9. The Labute approximate surface area is 174 Å². The Morgan fingerprint density at radius 3 is 2.28 bits per heavy atom. The molecule has 0 saturated carbocycles. The number of halogens is 4. The number of piperazine rings is 3. The van der Waals surface area contributed by atoms with Crippen molar-refractivity contribution >= 4 is 17.3 Å². The molecule has 4 heterocycles. The second-order valence-corrected chi connectivity index (χ2v) is 7.89. The molecule has 0 radical (unpaired) electrons. The SMILES string of the molecule is O=C(C[N+]12CCN(CC1)CC2)Nc1cc(C(F)(F)F)ccc1N1CCOCC1.[Cl-]. The summed E-state index contributed by atoms with van der Waals surface area (Å²) in [5.41, 5.74) is 0.0992. The van der Waals surface area contributed by atoms with Crippen LogP contribution in [0.2, 0.25) is 0 Å². The van der Waals surface area contributed by atoms with Crippen LogP contribution >= 0.6 is 0 Å². The van der Waals surface area contributed by atoms with E-state index in [1.807, 2.05) is 4.90 Å². The van der Waals surface area contributed by atoms with Gasteiger partial charge in [0, 0.05) is 32.7 Å². The van der Waals surface area contributed by atoms with Crippen LogP contribution in [-0.4, -0.2) is 87.4 Å². The van der Waals surface area contributed by atoms with Crippen LogP contribution in [0.25, 0.3) is 0 Å². The van der Waals surface area contributed by atoms with Gasteiger partial charge >= 0.3 is 6.18 Å². The molecule has 10 heteroatoms. The molecule has 0 aliphatic carbocycles. The number of fused-ring (bicyclic) bond motifs is 3. The maximum Gasteiger partial charge on any atom is 0.416 e. The highest BCUT2D eigenvalue weighted by atomic mass is 35.5. The number of carbonyl (C=O) groups is 1. The lowest BCUT2D eigenvalue weighted by molar-refractivity contribution is -0.933. The molecule has 29 heavy (non-hydrogen) atoms. The monoisotopic (exact) mass is 434 g/mol. The van der Waals surface area contributed by atoms with Crippen molar-refractivity contribution < 1.29 is 39.6 Å². The summed E-state index contributed by atoms with van der Waals surface area (Å²) in [5.74, 6) is -0.218. The van der Waals surface area contributed by atoms with Crippen LogP contribution in [0.4, 0.5) is 24.5 Å². The molecule has 4 saturated heterocycles. The smallest absolute Gasteiger partial charge is 0.416 e. The van der Waals surface area contributed by atoms with Crippen molar-refractivity contribution in [2.24, 2.45) is 0 Å². The maximum absolute atomic E-state index is 13.2. The van der Waals surface area contributed by atoms with Gasteiger partial charge in [-0.2, -0.15) is 13.2 Å². The van der Waals surface area contributed by atoms with Gasteiger partial charge in [-0.1, -0.05) is 0 Å². The number of anilines is 2. The molecule has 2 bridgehead atoms. The van der Waals surface area contributed by atoms with Crippen molar-refractivity contribution in [3.8, 4) is 0 Å². The minimum Gasteiger partial charge on any atom is -1.00 e. The van der Waals surface area contributed by atoms with Crippen molar-refractivity contribution in [2.75, 3.05) is 82.3 Å². The highest BCUT2D eigenvalue weighted by molar-refractivity contribution is 5.95. The molecule has 0 aromatic heterocycles. The second kappa shape index (κ2) is 8.67. The Hall–Kier alpha value is -1.55. The number of hydrogen-bond donors (Lipinski definition) is 1. The number of amides is 1. The number of alkyl halides is 3. The molecule has 0 spiro atoms. The third kappa shape index (κ3) is 4.96. The topological polar surface area (TPSA) is 44.8 Å². The maximum atomic E-state index is 13.2. The Morgan fingerprint density at radius 2 is 1.69 bits per heavy atom. The van der Waals surface area contributed by atoms with Gasteiger partial charge < -0.3 is 31.8 Å². The Bertz CT molecular complexity index is 719. The van der Waals surface area contributed by atoms with Crippen LogP contribution in [0.1, 0.15) is 5.56 Å². The first-order chi connectivity index (χ1) is 13.3. The molecular weight excluding hydrogens is 409 g/mol. The first-order valence-electron chi connectivity index (χ1n) is 9.76. The van der Waals surface area contributed by atoms with E-state index in [-0.39, 0.29) is 24.0 Å². The van der Waals surface area contributed by atoms with Gasteiger partial charge in [-0.15, -0.1) is 0 Å². The van der Waals surface area contributed by atoms with Crippen LogP contribution in [0.15, 0.2) is 18.2 Å². The van der Waals surface area contributed by atoms with Crippen LogP contribution in [0.5, 0.6) is 0 Å². The summed E-state index contributed by atoms with van der Waals surface area (Å²) in [5, 5.41) is 2.79. The molecule has 1 aromatic rings. The summed E-state index contributed by atoms with van der Waals surface area (Å²) < 4.78 is 45.7. The number of ether oxygens (including phenoxy) is 1. The number of nitrogens with zero attached hydrogens (tertiary/aromatic N) is 3. The van der Waals surface area contributed by atoms with Crippen LogP contribution in [0, 0.1) is 0 Å². The van der Waals surface area contributed by atoms with Crippen LogP contribution in [-0.2, 0) is 15.7 Å². The minimum absolute atomic E-state index is 0. The van der Waals surface area contributed by atoms with Gasteiger partial charge in [0.05, 0.1) is 49.8 Å². The van der Waals surface area contributed by atoms with E-state index in [1.165, 1.54) is 6.07 Å². The number of nitrogens with one attached hydrogen (secondary N) is 1. The third-order valence-corrected chi connectivity index (χ3v) is 6.10. The molecule has 0 unspecified atom stereocenters. The number of carbonyl (C=O) groups excluding carboxylic acids is 1. The van der Waals surface area contributed by atoms with E-state index < -0.39 is 11.7 Å². The van der Waals surface area contributed by atoms with Crippen LogP contribution in [0.3, 0.4) is 0 Å². The molecule has 4 fully saturated rings. The number of rotatable bonds is 4. The summed E-state index contributed by atoms with van der Waals surface area (Å²) in [4.78, 5) is 17.1. The van der Waals surface area contributed by atoms with Gasteiger partial charge in [-0.25, -0.2) is 0 Å². The molecule has 1 N–H and O–H groups in total. The van der Waals surface area contributed by atoms with Crippen molar-refractivity contribution in [3.63, 3.8) is 0 Å². The predicted octanol–water partition coefficient (Wildman–Crippen LogP) is -1.37. The zero-order chi connectivity index (χ0) is 19.8. The van der Waals surface area contributed by atoms with Crippen molar-refractivity contribution in [1.29, 1.82) is 0 Å². The van der Waals surface area contributed by atoms with E-state index in [0.717, 1.165) is 55.9 Å². The second-order valence-electron chi connectivity index (χ2n) is 7.89. The number of benzene rings is 1. The Morgan fingerprint density at radius 1 is 1.07 bits per heavy atom. The summed E-state index contributed by atoms with van der Waals surface area (Å²) in [6.45, 7) is 8.24. The average Bonchev–Trinajstić information content (AvgIpc) is 2.69. The van der Waals surface area contributed by atoms with Crippen LogP contribution < -0.4 is 22.6 Å². The van der Waals surface area contributed by atoms with E-state index in [2.05, 4.69) is 10.2 Å². The Balaban J connectivity index is 0.00000240. The molecular formula is C19H26ClF3N4O2. The van der Waals surface area contributed by atoms with Gasteiger partial charge in [0.1, 0.15) is 0 Å². The fraction of sp³-hybridized carbons (Fsp3) is 0.632. The van der Waals surface area contributed by atoms with E-state index in [4.69, 9.17) is 4.74 Å². The lowest BCUT2D eigenvalue weighted by atomic mass is 10.1. The van der Waals surface area contributed by atoms with Gasteiger partial charge in [-0.05, 0) is 18.2 Å². The fourth-order valence-electron chi connectivity index (χ4n) is 4.36. The molecule has 5 rings (SSSR count). The molecule has 4 aliphatic rings. The predicted molar refractivity (Wildman–Crippen MR) is 99.3 cm³/mol. The van der Waals surface area contributed by atoms with Crippen molar-refractivity contribution in [3.05, 3.63) is 23.8 Å². The quantitative estimate of drug-likeness (QED) is 0.594.